The first kappa shape index (κ1) is 25.1. The normalized spacial score (nSPS) is 13.8. The Balaban J connectivity index is 2.17. The number of benzene rings is 2. The summed E-state index contributed by atoms with van der Waals surface area (Å²) in [5, 5.41) is 3.33. The van der Waals surface area contributed by atoms with Crippen LogP contribution in [0.15, 0.2) is 53.4 Å². The molecule has 0 aliphatic heterocycles. The summed E-state index contributed by atoms with van der Waals surface area (Å²) in [5.41, 5.74) is 0.929. The number of methoxy groups -OCH3 is 1. The van der Waals surface area contributed by atoms with Crippen LogP contribution in [0.2, 0.25) is 5.02 Å². The van der Waals surface area contributed by atoms with E-state index < -0.39 is 22.0 Å². The minimum atomic E-state index is -3.88. The van der Waals surface area contributed by atoms with Crippen LogP contribution in [0.4, 0.5) is 0 Å². The molecule has 1 amide bonds. The van der Waals surface area contributed by atoms with Crippen molar-refractivity contribution in [3.05, 3.63) is 59.1 Å². The average Bonchev–Trinajstić information content (AvgIpc) is 2.72. The van der Waals surface area contributed by atoms with Gasteiger partial charge in [0.15, 0.2) is 0 Å². The number of para-hydroxylation sites is 1. The van der Waals surface area contributed by atoms with Gasteiger partial charge in [-0.25, -0.2) is 8.42 Å². The Hall–Kier alpha value is -2.13. The standard InChI is InChI=1S/C22H30ClN3O4S/c1-15(2)21(25-31(28,29)17-12-10-16(23)11-13-17)22(27)24-14-19(26(3)4)18-8-6-7-9-20(18)30-5/h6-13,15,19,21,25H,14H2,1-5H3,(H,24,27)/t19-,21-/m1/s1. The number of likely N-dealkylation sites (N-methyl/N-ethyl adjacent to an activating group) is 1. The molecule has 9 heteroatoms. The molecule has 31 heavy (non-hydrogen) atoms. The van der Waals surface area contributed by atoms with Crippen molar-refractivity contribution >= 4 is 27.5 Å². The van der Waals surface area contributed by atoms with Gasteiger partial charge in [-0.05, 0) is 50.3 Å². The summed E-state index contributed by atoms with van der Waals surface area (Å²) < 4.78 is 33.5. The average molecular weight is 468 g/mol. The van der Waals surface area contributed by atoms with Crippen LogP contribution in [0.3, 0.4) is 0 Å². The van der Waals surface area contributed by atoms with Crippen molar-refractivity contribution in [1.29, 1.82) is 0 Å². The highest BCUT2D eigenvalue weighted by Crippen LogP contribution is 2.27. The lowest BCUT2D eigenvalue weighted by Gasteiger charge is -2.28. The van der Waals surface area contributed by atoms with Gasteiger partial charge in [-0.3, -0.25) is 4.79 Å². The minimum Gasteiger partial charge on any atom is -0.496 e. The second kappa shape index (κ2) is 10.9. The summed E-state index contributed by atoms with van der Waals surface area (Å²) in [6, 6.07) is 12.3. The monoisotopic (exact) mass is 467 g/mol. The lowest BCUT2D eigenvalue weighted by atomic mass is 10.0. The summed E-state index contributed by atoms with van der Waals surface area (Å²) in [7, 11) is 1.54. The smallest absolute Gasteiger partial charge is 0.241 e. The van der Waals surface area contributed by atoms with E-state index in [1.165, 1.54) is 24.3 Å². The molecule has 2 rings (SSSR count). The van der Waals surface area contributed by atoms with Crippen LogP contribution in [0.1, 0.15) is 25.5 Å². The maximum absolute atomic E-state index is 13.0. The molecule has 2 aromatic rings. The number of rotatable bonds is 10. The summed E-state index contributed by atoms with van der Waals surface area (Å²) in [6.07, 6.45) is 0. The number of carbonyl (C=O) groups excluding carboxylic acids is 1. The molecular formula is C22H30ClN3O4S. The molecular weight excluding hydrogens is 438 g/mol. The predicted octanol–water partition coefficient (Wildman–Crippen LogP) is 3.07. The van der Waals surface area contributed by atoms with Crippen molar-refractivity contribution in [2.75, 3.05) is 27.7 Å². The zero-order valence-electron chi connectivity index (χ0n) is 18.4. The van der Waals surface area contributed by atoms with Gasteiger partial charge in [0.25, 0.3) is 0 Å². The molecule has 2 N–H and O–H groups in total. The van der Waals surface area contributed by atoms with Gasteiger partial charge < -0.3 is 15.0 Å². The third-order valence-corrected chi connectivity index (χ3v) is 6.66. The molecule has 0 heterocycles. The first-order valence-electron chi connectivity index (χ1n) is 9.91. The minimum absolute atomic E-state index is 0.0514. The number of carbonyl (C=O) groups is 1. The molecule has 2 atom stereocenters. The van der Waals surface area contributed by atoms with E-state index in [-0.39, 0.29) is 23.4 Å². The van der Waals surface area contributed by atoms with Crippen molar-refractivity contribution in [3.63, 3.8) is 0 Å². The zero-order chi connectivity index (χ0) is 23.2. The largest absolute Gasteiger partial charge is 0.496 e. The maximum atomic E-state index is 13.0. The van der Waals surface area contributed by atoms with E-state index in [0.717, 1.165) is 11.3 Å². The van der Waals surface area contributed by atoms with Gasteiger partial charge in [-0.15, -0.1) is 0 Å². The number of amides is 1. The van der Waals surface area contributed by atoms with E-state index in [1.807, 2.05) is 43.3 Å². The summed E-state index contributed by atoms with van der Waals surface area (Å²) in [5.74, 6) is 0.0692. The van der Waals surface area contributed by atoms with Gasteiger partial charge >= 0.3 is 0 Å². The van der Waals surface area contributed by atoms with E-state index >= 15 is 0 Å². The fraction of sp³-hybridized carbons (Fsp3) is 0.409. The molecule has 0 aromatic heterocycles. The third-order valence-electron chi connectivity index (χ3n) is 4.95. The predicted molar refractivity (Wildman–Crippen MR) is 123 cm³/mol. The molecule has 0 unspecified atom stereocenters. The molecule has 0 fully saturated rings. The van der Waals surface area contributed by atoms with Gasteiger partial charge in [0, 0.05) is 17.1 Å². The van der Waals surface area contributed by atoms with E-state index in [9.17, 15) is 13.2 Å². The second-order valence-corrected chi connectivity index (χ2v) is 9.91. The van der Waals surface area contributed by atoms with Gasteiger partial charge in [-0.1, -0.05) is 43.6 Å². The Labute approximate surface area is 189 Å². The third kappa shape index (κ3) is 6.67. The van der Waals surface area contributed by atoms with E-state index in [2.05, 4.69) is 10.0 Å². The van der Waals surface area contributed by atoms with Gasteiger partial charge in [0.1, 0.15) is 11.8 Å². The Morgan fingerprint density at radius 2 is 1.71 bits per heavy atom. The van der Waals surface area contributed by atoms with Crippen LogP contribution in [0.5, 0.6) is 5.75 Å². The first-order valence-corrected chi connectivity index (χ1v) is 11.8. The Bertz CT molecular complexity index is 979. The van der Waals surface area contributed by atoms with Crippen molar-refractivity contribution in [1.82, 2.24) is 14.9 Å². The molecule has 0 aliphatic rings. The Morgan fingerprint density at radius 3 is 2.26 bits per heavy atom. The van der Waals surface area contributed by atoms with Crippen molar-refractivity contribution in [2.45, 2.75) is 30.8 Å². The fourth-order valence-electron chi connectivity index (χ4n) is 3.16. The van der Waals surface area contributed by atoms with Crippen molar-refractivity contribution < 1.29 is 17.9 Å². The number of nitrogens with one attached hydrogen (secondary N) is 2. The number of ether oxygens (including phenoxy) is 1. The molecule has 0 bridgehead atoms. The highest BCUT2D eigenvalue weighted by atomic mass is 35.5. The van der Waals surface area contributed by atoms with Crippen LogP contribution in [0.25, 0.3) is 0 Å². The molecule has 0 saturated heterocycles. The lowest BCUT2D eigenvalue weighted by molar-refractivity contribution is -0.123. The highest BCUT2D eigenvalue weighted by Gasteiger charge is 2.29. The second-order valence-electron chi connectivity index (χ2n) is 7.76. The van der Waals surface area contributed by atoms with Crippen LogP contribution >= 0.6 is 11.6 Å². The van der Waals surface area contributed by atoms with Crippen molar-refractivity contribution in [3.8, 4) is 5.75 Å². The van der Waals surface area contributed by atoms with E-state index in [1.54, 1.807) is 21.0 Å². The van der Waals surface area contributed by atoms with Crippen LogP contribution < -0.4 is 14.8 Å². The molecule has 7 nitrogen and oxygen atoms in total. The zero-order valence-corrected chi connectivity index (χ0v) is 20.0. The van der Waals surface area contributed by atoms with Crippen molar-refractivity contribution in [2.24, 2.45) is 5.92 Å². The molecule has 0 aliphatic carbocycles. The van der Waals surface area contributed by atoms with Crippen LogP contribution in [0, 0.1) is 5.92 Å². The van der Waals surface area contributed by atoms with E-state index in [4.69, 9.17) is 16.3 Å². The Morgan fingerprint density at radius 1 is 1.10 bits per heavy atom. The lowest BCUT2D eigenvalue weighted by Crippen LogP contribution is -2.50. The fourth-order valence-corrected chi connectivity index (χ4v) is 4.63. The summed E-state index contributed by atoms with van der Waals surface area (Å²) in [6.45, 7) is 3.87. The maximum Gasteiger partial charge on any atom is 0.241 e. The van der Waals surface area contributed by atoms with Gasteiger partial charge in [0.2, 0.25) is 15.9 Å². The summed E-state index contributed by atoms with van der Waals surface area (Å²) in [4.78, 5) is 15.0. The first-order chi connectivity index (χ1) is 14.6. The number of halogens is 1. The molecule has 2 aromatic carbocycles. The van der Waals surface area contributed by atoms with E-state index in [0.29, 0.717) is 5.02 Å². The number of nitrogens with zero attached hydrogens (tertiary/aromatic N) is 1. The summed E-state index contributed by atoms with van der Waals surface area (Å²) >= 11 is 5.84. The number of hydrogen-bond donors (Lipinski definition) is 2. The Kier molecular flexibility index (Phi) is 8.88. The number of hydrogen-bond acceptors (Lipinski definition) is 5. The molecule has 0 spiro atoms. The quantitative estimate of drug-likeness (QED) is 0.560. The molecule has 0 saturated carbocycles. The molecule has 0 radical (unpaired) electrons. The SMILES string of the molecule is COc1ccccc1[C@@H](CNC(=O)[C@H](NS(=O)(=O)c1ccc(Cl)cc1)C(C)C)N(C)C. The number of sulfonamides is 1. The highest BCUT2D eigenvalue weighted by molar-refractivity contribution is 7.89. The van der Waals surface area contributed by atoms with Crippen LogP contribution in [-0.2, 0) is 14.8 Å². The molecule has 170 valence electrons. The van der Waals surface area contributed by atoms with Gasteiger partial charge in [0.05, 0.1) is 18.0 Å². The van der Waals surface area contributed by atoms with Gasteiger partial charge in [-0.2, -0.15) is 4.72 Å². The topological polar surface area (TPSA) is 87.7 Å². The van der Waals surface area contributed by atoms with Crippen LogP contribution in [-0.4, -0.2) is 53.0 Å².